The summed E-state index contributed by atoms with van der Waals surface area (Å²) in [5.74, 6) is 0.706. The largest absolute Gasteiger partial charge is 0.458 e. The number of hydrogen-bond acceptors (Lipinski definition) is 4. The molecule has 1 aliphatic carbocycles. The first-order valence-corrected chi connectivity index (χ1v) is 8.75. The number of rotatable bonds is 4. The number of hydrogen-bond donors (Lipinski definition) is 0. The average Bonchev–Trinajstić information content (AvgIpc) is 2.55. The molecule has 1 aromatic rings. The number of carbonyl (C=O) groups excluding carboxylic acids is 1. The topological polar surface area (TPSA) is 32.8 Å². The average molecular weight is 389 g/mol. The van der Waals surface area contributed by atoms with E-state index in [9.17, 15) is 4.79 Å². The van der Waals surface area contributed by atoms with Crippen LogP contribution < -0.4 is 0 Å². The maximum Gasteiger partial charge on any atom is 0.338 e. The summed E-state index contributed by atoms with van der Waals surface area (Å²) in [4.78, 5) is 17.3. The molecule has 25 heavy (non-hydrogen) atoms. The number of halogens is 2. The third-order valence-corrected chi connectivity index (χ3v) is 5.54. The van der Waals surface area contributed by atoms with Gasteiger partial charge in [0.05, 0.1) is 5.56 Å². The lowest BCUT2D eigenvalue weighted by Crippen LogP contribution is -2.60. The number of piperidine rings is 1. The predicted octanol–water partition coefficient (Wildman–Crippen LogP) is 3.35. The highest BCUT2D eigenvalue weighted by Gasteiger charge is 2.46. The van der Waals surface area contributed by atoms with Gasteiger partial charge in [-0.3, -0.25) is 0 Å². The van der Waals surface area contributed by atoms with Crippen LogP contribution in [-0.4, -0.2) is 61.6 Å². The summed E-state index contributed by atoms with van der Waals surface area (Å²) in [5.41, 5.74) is 0.657. The Morgan fingerprint density at radius 1 is 1.16 bits per heavy atom. The molecule has 6 heteroatoms. The van der Waals surface area contributed by atoms with Crippen LogP contribution in [0.2, 0.25) is 0 Å². The molecule has 0 radical (unpaired) electrons. The Bertz CT molecular complexity index is 541. The van der Waals surface area contributed by atoms with E-state index in [0.29, 0.717) is 23.4 Å². The van der Waals surface area contributed by atoms with Gasteiger partial charge >= 0.3 is 5.97 Å². The van der Waals surface area contributed by atoms with E-state index >= 15 is 0 Å². The molecule has 1 aliphatic heterocycles. The van der Waals surface area contributed by atoms with Gasteiger partial charge in [0.2, 0.25) is 0 Å². The Kier molecular flexibility index (Phi) is 8.69. The van der Waals surface area contributed by atoms with E-state index in [1.807, 2.05) is 30.3 Å². The van der Waals surface area contributed by atoms with Crippen LogP contribution in [0.1, 0.15) is 30.1 Å². The SMILES string of the molecule is CCN1CC2CC[C@H](N(C)C)C(C1)[C@H]2OC(=O)c1ccccc1.Cl.Cl. The van der Waals surface area contributed by atoms with Crippen molar-refractivity contribution in [2.24, 2.45) is 11.8 Å². The fourth-order valence-electron chi connectivity index (χ4n) is 4.31. The van der Waals surface area contributed by atoms with Gasteiger partial charge in [0.1, 0.15) is 6.10 Å². The molecule has 2 fully saturated rings. The standard InChI is InChI=1S/C19H28N2O2.2ClH/c1-4-21-12-15-10-11-17(20(2)3)16(13-21)18(15)23-19(22)14-8-6-5-7-9-14;;/h5-9,15-18H,4,10-13H2,1-3H3;2*1H/t15?,16?,17-,18-;;/m0../s1. The first-order chi connectivity index (χ1) is 11.1. The molecular weight excluding hydrogens is 359 g/mol. The molecule has 1 heterocycles. The number of likely N-dealkylation sites (tertiary alicyclic amines) is 1. The summed E-state index contributed by atoms with van der Waals surface area (Å²) >= 11 is 0. The highest BCUT2D eigenvalue weighted by atomic mass is 35.5. The summed E-state index contributed by atoms with van der Waals surface area (Å²) < 4.78 is 6.03. The maximum atomic E-state index is 12.5. The number of esters is 1. The molecule has 142 valence electrons. The van der Waals surface area contributed by atoms with Crippen LogP contribution in [-0.2, 0) is 4.74 Å². The maximum absolute atomic E-state index is 12.5. The van der Waals surface area contributed by atoms with Gasteiger partial charge in [-0.25, -0.2) is 4.79 Å². The smallest absolute Gasteiger partial charge is 0.338 e. The number of benzene rings is 1. The molecule has 2 bridgehead atoms. The van der Waals surface area contributed by atoms with Crippen LogP contribution in [0, 0.1) is 11.8 Å². The molecule has 1 saturated carbocycles. The second-order valence-corrected chi connectivity index (χ2v) is 7.12. The number of nitrogens with zero attached hydrogens (tertiary/aromatic N) is 2. The Morgan fingerprint density at radius 3 is 2.44 bits per heavy atom. The summed E-state index contributed by atoms with van der Waals surface area (Å²) in [6, 6.07) is 9.87. The molecule has 4 nitrogen and oxygen atoms in total. The minimum Gasteiger partial charge on any atom is -0.458 e. The van der Waals surface area contributed by atoms with Crippen molar-refractivity contribution in [2.45, 2.75) is 31.9 Å². The summed E-state index contributed by atoms with van der Waals surface area (Å²) in [5, 5.41) is 0. The quantitative estimate of drug-likeness (QED) is 0.740. The molecule has 4 atom stereocenters. The molecule has 2 unspecified atom stereocenters. The second-order valence-electron chi connectivity index (χ2n) is 7.12. The molecule has 1 saturated heterocycles. The van der Waals surface area contributed by atoms with Crippen molar-refractivity contribution in [3.63, 3.8) is 0 Å². The number of ether oxygens (including phenoxy) is 1. The van der Waals surface area contributed by atoms with Gasteiger partial charge in [0, 0.05) is 31.0 Å². The van der Waals surface area contributed by atoms with Crippen molar-refractivity contribution in [2.75, 3.05) is 33.7 Å². The number of fused-ring (bicyclic) bond motifs is 2. The Hall–Kier alpha value is -0.810. The molecule has 0 spiro atoms. The molecule has 0 amide bonds. The summed E-state index contributed by atoms with van der Waals surface area (Å²) in [6.45, 7) is 5.38. The fraction of sp³-hybridized carbons (Fsp3) is 0.632. The monoisotopic (exact) mass is 388 g/mol. The van der Waals surface area contributed by atoms with Crippen molar-refractivity contribution in [1.29, 1.82) is 0 Å². The van der Waals surface area contributed by atoms with Crippen LogP contribution in [0.25, 0.3) is 0 Å². The minimum absolute atomic E-state index is 0. The Balaban J connectivity index is 0.00000156. The lowest BCUT2D eigenvalue weighted by Gasteiger charge is -2.51. The van der Waals surface area contributed by atoms with Crippen molar-refractivity contribution in [3.05, 3.63) is 35.9 Å². The van der Waals surface area contributed by atoms with Crippen molar-refractivity contribution < 1.29 is 9.53 Å². The van der Waals surface area contributed by atoms with Crippen LogP contribution in [0.15, 0.2) is 30.3 Å². The van der Waals surface area contributed by atoms with Crippen LogP contribution in [0.3, 0.4) is 0 Å². The first-order valence-electron chi connectivity index (χ1n) is 8.75. The highest BCUT2D eigenvalue weighted by Crippen LogP contribution is 2.39. The molecule has 0 N–H and O–H groups in total. The zero-order valence-corrected chi connectivity index (χ0v) is 16.9. The third kappa shape index (κ3) is 4.88. The zero-order chi connectivity index (χ0) is 16.4. The molecule has 3 rings (SSSR count). The third-order valence-electron chi connectivity index (χ3n) is 5.54. The van der Waals surface area contributed by atoms with E-state index in [1.165, 1.54) is 6.42 Å². The highest BCUT2D eigenvalue weighted by molar-refractivity contribution is 5.89. The summed E-state index contributed by atoms with van der Waals surface area (Å²) in [6.07, 6.45) is 2.40. The minimum atomic E-state index is -0.171. The van der Waals surface area contributed by atoms with Gasteiger partial charge in [-0.2, -0.15) is 0 Å². The van der Waals surface area contributed by atoms with E-state index in [0.717, 1.165) is 26.1 Å². The van der Waals surface area contributed by atoms with Crippen molar-refractivity contribution in [1.82, 2.24) is 9.80 Å². The van der Waals surface area contributed by atoms with E-state index < -0.39 is 0 Å². The first kappa shape index (κ1) is 22.2. The molecule has 2 aliphatic rings. The van der Waals surface area contributed by atoms with Gasteiger partial charge in [-0.05, 0) is 45.6 Å². The van der Waals surface area contributed by atoms with E-state index in [-0.39, 0.29) is 36.9 Å². The fourth-order valence-corrected chi connectivity index (χ4v) is 4.31. The van der Waals surface area contributed by atoms with E-state index in [4.69, 9.17) is 4.74 Å². The van der Waals surface area contributed by atoms with E-state index in [2.05, 4.69) is 30.8 Å². The molecule has 0 aromatic heterocycles. The van der Waals surface area contributed by atoms with E-state index in [1.54, 1.807) is 0 Å². The van der Waals surface area contributed by atoms with Gasteiger partial charge < -0.3 is 14.5 Å². The molecular formula is C19H30Cl2N2O2. The summed E-state index contributed by atoms with van der Waals surface area (Å²) in [7, 11) is 4.29. The van der Waals surface area contributed by atoms with Crippen LogP contribution in [0.4, 0.5) is 0 Å². The lowest BCUT2D eigenvalue weighted by molar-refractivity contribution is -0.0910. The van der Waals surface area contributed by atoms with Gasteiger partial charge in [-0.15, -0.1) is 24.8 Å². The van der Waals surface area contributed by atoms with Crippen LogP contribution >= 0.6 is 24.8 Å². The second kappa shape index (κ2) is 9.77. The van der Waals surface area contributed by atoms with Crippen molar-refractivity contribution in [3.8, 4) is 0 Å². The Labute approximate surface area is 163 Å². The Morgan fingerprint density at radius 2 is 1.84 bits per heavy atom. The zero-order valence-electron chi connectivity index (χ0n) is 15.3. The van der Waals surface area contributed by atoms with Crippen LogP contribution in [0.5, 0.6) is 0 Å². The van der Waals surface area contributed by atoms with Gasteiger partial charge in [-0.1, -0.05) is 25.1 Å². The predicted molar refractivity (Wildman–Crippen MR) is 106 cm³/mol. The molecule has 1 aromatic carbocycles. The lowest BCUT2D eigenvalue weighted by atomic mass is 9.71. The van der Waals surface area contributed by atoms with Gasteiger partial charge in [0.25, 0.3) is 0 Å². The van der Waals surface area contributed by atoms with Crippen molar-refractivity contribution >= 4 is 30.8 Å². The van der Waals surface area contributed by atoms with Gasteiger partial charge in [0.15, 0.2) is 0 Å². The normalized spacial score (nSPS) is 28.6. The number of carbonyl (C=O) groups is 1.